The van der Waals surface area contributed by atoms with Crippen molar-refractivity contribution in [3.63, 3.8) is 0 Å². The highest BCUT2D eigenvalue weighted by Gasteiger charge is 2.27. The zero-order valence-corrected chi connectivity index (χ0v) is 16.1. The molecular weight excluding hydrogens is 362 g/mol. The van der Waals surface area contributed by atoms with Crippen molar-refractivity contribution in [3.05, 3.63) is 41.2 Å². The molecule has 0 aromatic carbocycles. The molecule has 0 spiro atoms. The van der Waals surface area contributed by atoms with Gasteiger partial charge < -0.3 is 10.2 Å². The van der Waals surface area contributed by atoms with Gasteiger partial charge in [0, 0.05) is 30.4 Å². The van der Waals surface area contributed by atoms with E-state index in [0.717, 1.165) is 35.8 Å². The number of amides is 1. The van der Waals surface area contributed by atoms with Gasteiger partial charge in [-0.1, -0.05) is 0 Å². The van der Waals surface area contributed by atoms with Crippen molar-refractivity contribution < 1.29 is 4.79 Å². The number of carbonyl (C=O) groups is 1. The number of nitrogens with one attached hydrogen (secondary N) is 1. The largest absolute Gasteiger partial charge is 0.354 e. The van der Waals surface area contributed by atoms with E-state index in [1.54, 1.807) is 10.9 Å². The first kappa shape index (κ1) is 17.6. The Labute approximate surface area is 161 Å². The molecule has 0 radical (unpaired) electrons. The molecule has 0 unspecified atom stereocenters. The number of carbonyl (C=O) groups excluding carboxylic acids is 1. The van der Waals surface area contributed by atoms with Crippen LogP contribution in [0.25, 0.3) is 5.82 Å². The Morgan fingerprint density at radius 3 is 2.74 bits per heavy atom. The molecule has 27 heavy (non-hydrogen) atoms. The molecule has 1 fully saturated rings. The first-order chi connectivity index (χ1) is 13.1. The molecule has 0 bridgehead atoms. The lowest BCUT2D eigenvalue weighted by Crippen LogP contribution is -2.41. The number of hydrogen-bond donors (Lipinski definition) is 1. The molecule has 1 amide bonds. The van der Waals surface area contributed by atoms with E-state index in [9.17, 15) is 4.79 Å². The SMILES string of the molecule is Cc1nc(NC(=O)[C@H]2CCCN(c3ccc(-n4cccn4)nn3)C2)sc1C. The minimum absolute atomic E-state index is 0.0228. The van der Waals surface area contributed by atoms with E-state index in [1.165, 1.54) is 11.3 Å². The van der Waals surface area contributed by atoms with Gasteiger partial charge in [-0.3, -0.25) is 4.79 Å². The monoisotopic (exact) mass is 383 g/mol. The van der Waals surface area contributed by atoms with E-state index in [-0.39, 0.29) is 11.8 Å². The van der Waals surface area contributed by atoms with Crippen LogP contribution in [0.5, 0.6) is 0 Å². The number of thiazole rings is 1. The van der Waals surface area contributed by atoms with Gasteiger partial charge in [-0.25, -0.2) is 9.67 Å². The second-order valence-corrected chi connectivity index (χ2v) is 7.84. The second kappa shape index (κ2) is 7.43. The molecule has 1 N–H and O–H groups in total. The van der Waals surface area contributed by atoms with Crippen molar-refractivity contribution >= 4 is 28.2 Å². The molecule has 4 rings (SSSR count). The Balaban J connectivity index is 1.42. The van der Waals surface area contributed by atoms with Gasteiger partial charge in [0.2, 0.25) is 5.91 Å². The van der Waals surface area contributed by atoms with Gasteiger partial charge in [0.1, 0.15) is 0 Å². The molecular formula is C18H21N7OS. The van der Waals surface area contributed by atoms with E-state index < -0.39 is 0 Å². The number of piperidine rings is 1. The van der Waals surface area contributed by atoms with Crippen molar-refractivity contribution in [3.8, 4) is 5.82 Å². The van der Waals surface area contributed by atoms with Crippen LogP contribution in [0.1, 0.15) is 23.4 Å². The highest BCUT2D eigenvalue weighted by molar-refractivity contribution is 7.15. The van der Waals surface area contributed by atoms with Crippen LogP contribution in [-0.2, 0) is 4.79 Å². The summed E-state index contributed by atoms with van der Waals surface area (Å²) in [7, 11) is 0. The van der Waals surface area contributed by atoms with Crippen molar-refractivity contribution in [2.75, 3.05) is 23.3 Å². The molecule has 4 heterocycles. The fourth-order valence-corrected chi connectivity index (χ4v) is 3.96. The van der Waals surface area contributed by atoms with Gasteiger partial charge in [-0.05, 0) is 44.9 Å². The molecule has 3 aromatic heterocycles. The fraction of sp³-hybridized carbons (Fsp3) is 0.389. The summed E-state index contributed by atoms with van der Waals surface area (Å²) in [6, 6.07) is 5.66. The maximum atomic E-state index is 12.7. The molecule has 0 saturated carbocycles. The number of nitrogens with zero attached hydrogens (tertiary/aromatic N) is 6. The first-order valence-electron chi connectivity index (χ1n) is 8.94. The molecule has 8 nitrogen and oxygen atoms in total. The van der Waals surface area contributed by atoms with Crippen LogP contribution in [-0.4, -0.2) is 44.0 Å². The summed E-state index contributed by atoms with van der Waals surface area (Å²) in [5.74, 6) is 1.39. The summed E-state index contributed by atoms with van der Waals surface area (Å²) in [6.45, 7) is 5.46. The summed E-state index contributed by atoms with van der Waals surface area (Å²) < 4.78 is 1.67. The molecule has 1 aliphatic rings. The minimum Gasteiger partial charge on any atom is -0.354 e. The van der Waals surface area contributed by atoms with Crippen molar-refractivity contribution in [2.24, 2.45) is 5.92 Å². The summed E-state index contributed by atoms with van der Waals surface area (Å²) in [6.07, 6.45) is 5.34. The molecule has 1 saturated heterocycles. The number of rotatable bonds is 4. The Kier molecular flexibility index (Phi) is 4.85. The third-order valence-electron chi connectivity index (χ3n) is 4.75. The standard InChI is InChI=1S/C18H21N7OS/c1-12-13(2)27-18(20-12)21-17(26)14-5-3-9-24(11-14)15-6-7-16(23-22-15)25-10-4-8-19-25/h4,6-8,10,14H,3,5,9,11H2,1-2H3,(H,20,21,26)/t14-/m0/s1. The molecule has 3 aromatic rings. The van der Waals surface area contributed by atoms with Crippen LogP contribution in [0.3, 0.4) is 0 Å². The number of aromatic nitrogens is 5. The first-order valence-corrected chi connectivity index (χ1v) is 9.75. The van der Waals surface area contributed by atoms with Gasteiger partial charge in [-0.2, -0.15) is 5.10 Å². The van der Waals surface area contributed by atoms with Crippen LogP contribution >= 0.6 is 11.3 Å². The summed E-state index contributed by atoms with van der Waals surface area (Å²) in [4.78, 5) is 20.3. The predicted molar refractivity (Wildman–Crippen MR) is 104 cm³/mol. The number of aryl methyl sites for hydroxylation is 2. The van der Waals surface area contributed by atoms with E-state index in [2.05, 4.69) is 30.5 Å². The molecule has 1 aliphatic heterocycles. The third-order valence-corrected chi connectivity index (χ3v) is 5.74. The van der Waals surface area contributed by atoms with E-state index in [4.69, 9.17) is 0 Å². The lowest BCUT2D eigenvalue weighted by atomic mass is 9.97. The summed E-state index contributed by atoms with van der Waals surface area (Å²) in [5, 5.41) is 16.4. The van der Waals surface area contributed by atoms with E-state index in [0.29, 0.717) is 17.5 Å². The maximum Gasteiger partial charge on any atom is 0.231 e. The van der Waals surface area contributed by atoms with Gasteiger partial charge in [0.05, 0.1) is 11.6 Å². The van der Waals surface area contributed by atoms with E-state index >= 15 is 0 Å². The zero-order valence-electron chi connectivity index (χ0n) is 15.3. The van der Waals surface area contributed by atoms with Gasteiger partial charge >= 0.3 is 0 Å². The van der Waals surface area contributed by atoms with Crippen LogP contribution in [0.4, 0.5) is 10.9 Å². The van der Waals surface area contributed by atoms with Gasteiger partial charge in [0.25, 0.3) is 0 Å². The zero-order chi connectivity index (χ0) is 18.8. The lowest BCUT2D eigenvalue weighted by Gasteiger charge is -2.32. The number of hydrogen-bond acceptors (Lipinski definition) is 7. The Hall–Kier alpha value is -2.81. The fourth-order valence-electron chi connectivity index (χ4n) is 3.15. The van der Waals surface area contributed by atoms with Crippen LogP contribution < -0.4 is 10.2 Å². The average Bonchev–Trinajstić information content (AvgIpc) is 3.32. The highest BCUT2D eigenvalue weighted by Crippen LogP contribution is 2.25. The lowest BCUT2D eigenvalue weighted by molar-refractivity contribution is -0.120. The molecule has 9 heteroatoms. The topological polar surface area (TPSA) is 88.8 Å². The predicted octanol–water partition coefficient (Wildman–Crippen LogP) is 2.59. The van der Waals surface area contributed by atoms with Crippen LogP contribution in [0.15, 0.2) is 30.6 Å². The summed E-state index contributed by atoms with van der Waals surface area (Å²) >= 11 is 1.52. The molecule has 1 atom stereocenters. The number of anilines is 2. The van der Waals surface area contributed by atoms with Crippen LogP contribution in [0, 0.1) is 19.8 Å². The van der Waals surface area contributed by atoms with Gasteiger partial charge in [0.15, 0.2) is 16.8 Å². The minimum atomic E-state index is -0.0872. The normalized spacial score (nSPS) is 17.1. The highest BCUT2D eigenvalue weighted by atomic mass is 32.1. The van der Waals surface area contributed by atoms with Crippen molar-refractivity contribution in [2.45, 2.75) is 26.7 Å². The maximum absolute atomic E-state index is 12.7. The van der Waals surface area contributed by atoms with Crippen molar-refractivity contribution in [1.82, 2.24) is 25.0 Å². The Morgan fingerprint density at radius 2 is 2.07 bits per heavy atom. The Morgan fingerprint density at radius 1 is 1.26 bits per heavy atom. The molecule has 0 aliphatic carbocycles. The average molecular weight is 383 g/mol. The van der Waals surface area contributed by atoms with Crippen molar-refractivity contribution in [1.29, 1.82) is 0 Å². The Bertz CT molecular complexity index is 900. The molecule has 140 valence electrons. The second-order valence-electron chi connectivity index (χ2n) is 6.64. The quantitative estimate of drug-likeness (QED) is 0.745. The van der Waals surface area contributed by atoms with Crippen LogP contribution in [0.2, 0.25) is 0 Å². The van der Waals surface area contributed by atoms with E-state index in [1.807, 2.05) is 38.2 Å². The van der Waals surface area contributed by atoms with Gasteiger partial charge in [-0.15, -0.1) is 21.5 Å². The summed E-state index contributed by atoms with van der Waals surface area (Å²) in [5.41, 5.74) is 0.966. The smallest absolute Gasteiger partial charge is 0.231 e. The third kappa shape index (κ3) is 3.82.